The lowest BCUT2D eigenvalue weighted by Gasteiger charge is -2.19. The van der Waals surface area contributed by atoms with Crippen molar-refractivity contribution in [3.05, 3.63) is 60.2 Å². The summed E-state index contributed by atoms with van der Waals surface area (Å²) in [6.07, 6.45) is 1.13. The number of hydrogen-bond acceptors (Lipinski definition) is 4. The number of amides is 1. The molecule has 0 aliphatic heterocycles. The number of rotatable bonds is 13. The summed E-state index contributed by atoms with van der Waals surface area (Å²) in [5, 5.41) is 2.97. The lowest BCUT2D eigenvalue weighted by Crippen LogP contribution is -2.28. The number of carbonyl (C=O) groups excluding carboxylic acids is 1. The molecule has 0 unspecified atom stereocenters. The molecule has 1 amide bonds. The van der Waals surface area contributed by atoms with Gasteiger partial charge in [-0.25, -0.2) is 0 Å². The molecule has 0 heterocycles. The first-order valence-corrected chi connectivity index (χ1v) is 10.1. The highest BCUT2D eigenvalue weighted by atomic mass is 16.5. The van der Waals surface area contributed by atoms with Crippen LogP contribution in [0.1, 0.15) is 32.3 Å². The van der Waals surface area contributed by atoms with E-state index in [0.29, 0.717) is 32.6 Å². The van der Waals surface area contributed by atoms with Crippen molar-refractivity contribution in [2.75, 3.05) is 32.8 Å². The van der Waals surface area contributed by atoms with Gasteiger partial charge in [-0.2, -0.15) is 0 Å². The van der Waals surface area contributed by atoms with Crippen molar-refractivity contribution < 1.29 is 14.3 Å². The van der Waals surface area contributed by atoms with Crippen LogP contribution in [0.4, 0.5) is 0 Å². The molecule has 28 heavy (non-hydrogen) atoms. The molecular formula is C23H32N2O3. The largest absolute Gasteiger partial charge is 0.494 e. The maximum atomic E-state index is 12.1. The summed E-state index contributed by atoms with van der Waals surface area (Å²) in [7, 11) is 0. The Morgan fingerprint density at radius 3 is 2.39 bits per heavy atom. The van der Waals surface area contributed by atoms with Crippen molar-refractivity contribution in [2.45, 2.75) is 33.2 Å². The van der Waals surface area contributed by atoms with E-state index in [4.69, 9.17) is 9.47 Å². The molecule has 5 nitrogen and oxygen atoms in total. The van der Waals surface area contributed by atoms with Crippen LogP contribution in [0.5, 0.6) is 11.5 Å². The van der Waals surface area contributed by atoms with E-state index in [9.17, 15) is 4.79 Å². The Labute approximate surface area is 168 Å². The number of carbonyl (C=O) groups is 1. The average Bonchev–Trinajstić information content (AvgIpc) is 2.74. The maximum absolute atomic E-state index is 12.1. The zero-order chi connectivity index (χ0) is 20.0. The Balaban J connectivity index is 1.69. The maximum Gasteiger partial charge on any atom is 0.220 e. The van der Waals surface area contributed by atoms with Crippen LogP contribution in [0.2, 0.25) is 0 Å². The highest BCUT2D eigenvalue weighted by Gasteiger charge is 2.07. The minimum absolute atomic E-state index is 0.0228. The molecular weight excluding hydrogens is 352 g/mol. The normalized spacial score (nSPS) is 10.7. The van der Waals surface area contributed by atoms with Crippen molar-refractivity contribution in [1.29, 1.82) is 0 Å². The van der Waals surface area contributed by atoms with Gasteiger partial charge in [0.15, 0.2) is 0 Å². The Morgan fingerprint density at radius 2 is 1.64 bits per heavy atom. The molecule has 0 radical (unpaired) electrons. The number of ether oxygens (including phenoxy) is 2. The molecule has 2 aromatic rings. The van der Waals surface area contributed by atoms with Gasteiger partial charge in [0.1, 0.15) is 18.1 Å². The van der Waals surface area contributed by atoms with Gasteiger partial charge in [-0.3, -0.25) is 4.79 Å². The third-order valence-electron chi connectivity index (χ3n) is 4.57. The summed E-state index contributed by atoms with van der Waals surface area (Å²) in [5.74, 6) is 1.69. The number of nitrogens with zero attached hydrogens (tertiary/aromatic N) is 1. The topological polar surface area (TPSA) is 50.8 Å². The first-order chi connectivity index (χ1) is 13.7. The van der Waals surface area contributed by atoms with Crippen LogP contribution in [0.3, 0.4) is 0 Å². The smallest absolute Gasteiger partial charge is 0.220 e. The van der Waals surface area contributed by atoms with E-state index in [1.165, 1.54) is 0 Å². The third-order valence-corrected chi connectivity index (χ3v) is 4.57. The minimum atomic E-state index is 0.0228. The summed E-state index contributed by atoms with van der Waals surface area (Å²) in [4.78, 5) is 14.4. The molecule has 0 aliphatic carbocycles. The van der Waals surface area contributed by atoms with Gasteiger partial charge >= 0.3 is 0 Å². The lowest BCUT2D eigenvalue weighted by atomic mass is 10.2. The first kappa shape index (κ1) is 21.8. The quantitative estimate of drug-likeness (QED) is 0.533. The molecule has 0 fully saturated rings. The number of para-hydroxylation sites is 2. The molecule has 2 rings (SSSR count). The summed E-state index contributed by atoms with van der Waals surface area (Å²) < 4.78 is 11.6. The van der Waals surface area contributed by atoms with E-state index in [1.807, 2.05) is 54.6 Å². The van der Waals surface area contributed by atoms with Crippen LogP contribution < -0.4 is 14.8 Å². The van der Waals surface area contributed by atoms with Crippen molar-refractivity contribution in [3.63, 3.8) is 0 Å². The van der Waals surface area contributed by atoms with Gasteiger partial charge in [-0.15, -0.1) is 0 Å². The molecule has 152 valence electrons. The number of benzene rings is 2. The molecule has 0 aromatic heterocycles. The second kappa shape index (κ2) is 12.8. The van der Waals surface area contributed by atoms with E-state index < -0.39 is 0 Å². The predicted octanol–water partition coefficient (Wildman–Crippen LogP) is 3.88. The molecule has 0 atom stereocenters. The van der Waals surface area contributed by atoms with E-state index in [-0.39, 0.29) is 5.91 Å². The molecule has 0 spiro atoms. The zero-order valence-electron chi connectivity index (χ0n) is 17.0. The summed E-state index contributed by atoms with van der Waals surface area (Å²) in [5.41, 5.74) is 0.996. The molecule has 5 heteroatoms. The van der Waals surface area contributed by atoms with Gasteiger partial charge in [0.05, 0.1) is 6.61 Å². The van der Waals surface area contributed by atoms with Crippen LogP contribution in [0.15, 0.2) is 54.6 Å². The fourth-order valence-electron chi connectivity index (χ4n) is 2.84. The standard InChI is InChI=1S/C23H32N2O3/c1-3-25(4-2)16-18-28-22-14-9-8-11-20(22)19-24-23(26)15-10-17-27-21-12-6-5-7-13-21/h5-9,11-14H,3-4,10,15-19H2,1-2H3,(H,24,26). The Bertz CT molecular complexity index is 687. The van der Waals surface area contributed by atoms with Crippen molar-refractivity contribution in [1.82, 2.24) is 10.2 Å². The van der Waals surface area contributed by atoms with Crippen LogP contribution in [-0.2, 0) is 11.3 Å². The number of hydrogen-bond donors (Lipinski definition) is 1. The van der Waals surface area contributed by atoms with E-state index in [2.05, 4.69) is 24.1 Å². The lowest BCUT2D eigenvalue weighted by molar-refractivity contribution is -0.121. The van der Waals surface area contributed by atoms with Gasteiger partial charge in [-0.05, 0) is 37.7 Å². The van der Waals surface area contributed by atoms with Crippen LogP contribution in [0, 0.1) is 0 Å². The summed E-state index contributed by atoms with van der Waals surface area (Å²) >= 11 is 0. The van der Waals surface area contributed by atoms with Crippen molar-refractivity contribution in [2.24, 2.45) is 0 Å². The molecule has 0 bridgehead atoms. The SMILES string of the molecule is CCN(CC)CCOc1ccccc1CNC(=O)CCCOc1ccccc1. The highest BCUT2D eigenvalue weighted by Crippen LogP contribution is 2.17. The van der Waals surface area contributed by atoms with Gasteiger partial charge in [0, 0.05) is 25.1 Å². The zero-order valence-corrected chi connectivity index (χ0v) is 17.0. The Morgan fingerprint density at radius 1 is 0.929 bits per heavy atom. The van der Waals surface area contributed by atoms with Gasteiger partial charge in [-0.1, -0.05) is 50.2 Å². The monoisotopic (exact) mass is 384 g/mol. The third kappa shape index (κ3) is 8.01. The van der Waals surface area contributed by atoms with E-state index >= 15 is 0 Å². The fourth-order valence-corrected chi connectivity index (χ4v) is 2.84. The van der Waals surface area contributed by atoms with Gasteiger partial charge < -0.3 is 19.7 Å². The highest BCUT2D eigenvalue weighted by molar-refractivity contribution is 5.75. The van der Waals surface area contributed by atoms with Crippen molar-refractivity contribution in [3.8, 4) is 11.5 Å². The van der Waals surface area contributed by atoms with Crippen LogP contribution in [-0.4, -0.2) is 43.7 Å². The van der Waals surface area contributed by atoms with Crippen LogP contribution >= 0.6 is 0 Å². The molecule has 2 aromatic carbocycles. The summed E-state index contributed by atoms with van der Waals surface area (Å²) in [6, 6.07) is 17.5. The molecule has 0 aliphatic rings. The summed E-state index contributed by atoms with van der Waals surface area (Å²) in [6.45, 7) is 8.88. The molecule has 0 saturated carbocycles. The van der Waals surface area contributed by atoms with Gasteiger partial charge in [0.25, 0.3) is 0 Å². The average molecular weight is 385 g/mol. The fraction of sp³-hybridized carbons (Fsp3) is 0.435. The van der Waals surface area contributed by atoms with E-state index in [0.717, 1.165) is 36.7 Å². The minimum Gasteiger partial charge on any atom is -0.494 e. The second-order valence-corrected chi connectivity index (χ2v) is 6.52. The Hall–Kier alpha value is -2.53. The van der Waals surface area contributed by atoms with E-state index in [1.54, 1.807) is 0 Å². The molecule has 0 saturated heterocycles. The second-order valence-electron chi connectivity index (χ2n) is 6.52. The predicted molar refractivity (Wildman–Crippen MR) is 113 cm³/mol. The van der Waals surface area contributed by atoms with Crippen LogP contribution in [0.25, 0.3) is 0 Å². The number of likely N-dealkylation sites (N-methyl/N-ethyl adjacent to an activating group) is 1. The number of nitrogens with one attached hydrogen (secondary N) is 1. The first-order valence-electron chi connectivity index (χ1n) is 10.1. The van der Waals surface area contributed by atoms with Gasteiger partial charge in [0.2, 0.25) is 5.91 Å². The van der Waals surface area contributed by atoms with Crippen molar-refractivity contribution >= 4 is 5.91 Å². The Kier molecular flexibility index (Phi) is 9.94. The molecule has 1 N–H and O–H groups in total.